The van der Waals surface area contributed by atoms with E-state index in [9.17, 15) is 9.90 Å². The molecule has 3 rings (SSSR count). The van der Waals surface area contributed by atoms with E-state index in [4.69, 9.17) is 18.9 Å². The van der Waals surface area contributed by atoms with E-state index in [1.807, 2.05) is 24.3 Å². The summed E-state index contributed by atoms with van der Waals surface area (Å²) < 4.78 is 21.9. The van der Waals surface area contributed by atoms with Gasteiger partial charge in [0.1, 0.15) is 0 Å². The number of fused-ring (bicyclic) bond motifs is 1. The molecule has 0 fully saturated rings. The third-order valence-corrected chi connectivity index (χ3v) is 8.01. The van der Waals surface area contributed by atoms with Crippen molar-refractivity contribution in [3.63, 3.8) is 0 Å². The zero-order valence-electron chi connectivity index (χ0n) is 23.2. The molecule has 0 aromatic heterocycles. The Morgan fingerprint density at radius 1 is 0.973 bits per heavy atom. The van der Waals surface area contributed by atoms with Crippen molar-refractivity contribution in [2.24, 2.45) is 11.8 Å². The summed E-state index contributed by atoms with van der Waals surface area (Å²) in [5.41, 5.74) is 3.03. The van der Waals surface area contributed by atoms with E-state index in [0.717, 1.165) is 62.3 Å². The SMILES string of the molecule is COc1ccc(CCCNCCC2CCc3cc(OC)c(OC)cc3C2(CC(=O)O)C(C)C)cc1OC. The predicted octanol–water partition coefficient (Wildman–Crippen LogP) is 5.26. The van der Waals surface area contributed by atoms with Crippen LogP contribution in [0.4, 0.5) is 0 Å². The lowest BCUT2D eigenvalue weighted by Crippen LogP contribution is -2.46. The molecule has 2 unspecified atom stereocenters. The molecule has 1 aliphatic rings. The van der Waals surface area contributed by atoms with E-state index >= 15 is 0 Å². The van der Waals surface area contributed by atoms with Crippen LogP contribution in [0.2, 0.25) is 0 Å². The average Bonchev–Trinajstić information content (AvgIpc) is 2.89. The molecule has 0 radical (unpaired) electrons. The highest BCUT2D eigenvalue weighted by molar-refractivity contribution is 5.70. The first kappa shape index (κ1) is 28.6. The molecular formula is C30H43NO6. The average molecular weight is 514 g/mol. The number of aliphatic carboxylic acids is 1. The topological polar surface area (TPSA) is 86.2 Å². The van der Waals surface area contributed by atoms with Gasteiger partial charge in [-0.05, 0) is 98.0 Å². The Hall–Kier alpha value is -2.93. The number of nitrogens with one attached hydrogen (secondary N) is 1. The minimum absolute atomic E-state index is 0.108. The summed E-state index contributed by atoms with van der Waals surface area (Å²) in [4.78, 5) is 12.2. The van der Waals surface area contributed by atoms with Crippen LogP contribution in [0.3, 0.4) is 0 Å². The fourth-order valence-corrected chi connectivity index (χ4v) is 6.10. The van der Waals surface area contributed by atoms with Crippen LogP contribution < -0.4 is 24.3 Å². The van der Waals surface area contributed by atoms with Gasteiger partial charge in [0.25, 0.3) is 0 Å². The van der Waals surface area contributed by atoms with Crippen molar-refractivity contribution in [1.82, 2.24) is 5.32 Å². The number of ether oxygens (including phenoxy) is 4. The van der Waals surface area contributed by atoms with Crippen LogP contribution in [-0.2, 0) is 23.1 Å². The summed E-state index contributed by atoms with van der Waals surface area (Å²) in [5.74, 6) is 2.51. The summed E-state index contributed by atoms with van der Waals surface area (Å²) >= 11 is 0. The first-order valence-electron chi connectivity index (χ1n) is 13.2. The normalized spacial score (nSPS) is 18.8. The monoisotopic (exact) mass is 513 g/mol. The van der Waals surface area contributed by atoms with Crippen LogP contribution in [0.15, 0.2) is 30.3 Å². The van der Waals surface area contributed by atoms with Gasteiger partial charge in [-0.1, -0.05) is 19.9 Å². The van der Waals surface area contributed by atoms with E-state index in [2.05, 4.69) is 25.2 Å². The molecule has 204 valence electrons. The molecule has 2 N–H and O–H groups in total. The van der Waals surface area contributed by atoms with Crippen LogP contribution >= 0.6 is 0 Å². The fraction of sp³-hybridized carbons (Fsp3) is 0.567. The quantitative estimate of drug-likeness (QED) is 0.333. The van der Waals surface area contributed by atoms with Crippen molar-refractivity contribution in [2.45, 2.75) is 57.8 Å². The molecule has 2 aromatic rings. The summed E-state index contributed by atoms with van der Waals surface area (Å²) in [7, 11) is 6.56. The lowest BCUT2D eigenvalue weighted by molar-refractivity contribution is -0.140. The van der Waals surface area contributed by atoms with Crippen LogP contribution in [0.1, 0.15) is 56.2 Å². The van der Waals surface area contributed by atoms with E-state index < -0.39 is 11.4 Å². The van der Waals surface area contributed by atoms with Crippen LogP contribution in [0, 0.1) is 11.8 Å². The Bertz CT molecular complexity index is 1050. The van der Waals surface area contributed by atoms with Crippen molar-refractivity contribution >= 4 is 5.97 Å². The van der Waals surface area contributed by atoms with E-state index in [1.54, 1.807) is 28.4 Å². The van der Waals surface area contributed by atoms with E-state index in [1.165, 1.54) is 11.1 Å². The van der Waals surface area contributed by atoms with Crippen molar-refractivity contribution in [2.75, 3.05) is 41.5 Å². The van der Waals surface area contributed by atoms with Gasteiger partial charge >= 0.3 is 5.97 Å². The minimum Gasteiger partial charge on any atom is -0.493 e. The van der Waals surface area contributed by atoms with Crippen molar-refractivity contribution in [3.8, 4) is 23.0 Å². The summed E-state index contributed by atoms with van der Waals surface area (Å²) in [6.07, 6.45) is 4.85. The molecule has 0 saturated heterocycles. The molecule has 0 amide bonds. The summed E-state index contributed by atoms with van der Waals surface area (Å²) in [6, 6.07) is 10.1. The number of methoxy groups -OCH3 is 4. The third kappa shape index (κ3) is 6.32. The second-order valence-corrected chi connectivity index (χ2v) is 10.2. The Morgan fingerprint density at radius 3 is 2.24 bits per heavy atom. The minimum atomic E-state index is -0.760. The third-order valence-electron chi connectivity index (χ3n) is 8.01. The molecule has 1 aliphatic carbocycles. The van der Waals surface area contributed by atoms with Gasteiger partial charge in [0.05, 0.1) is 34.9 Å². The van der Waals surface area contributed by atoms with Gasteiger partial charge < -0.3 is 29.4 Å². The highest BCUT2D eigenvalue weighted by atomic mass is 16.5. The lowest BCUT2D eigenvalue weighted by Gasteiger charge is -2.48. The zero-order chi connectivity index (χ0) is 27.0. The Balaban J connectivity index is 1.68. The highest BCUT2D eigenvalue weighted by Gasteiger charge is 2.48. The molecular weight excluding hydrogens is 470 g/mol. The Morgan fingerprint density at radius 2 is 1.62 bits per heavy atom. The number of carbonyl (C=O) groups is 1. The molecule has 0 saturated carbocycles. The van der Waals surface area contributed by atoms with Crippen molar-refractivity contribution in [3.05, 3.63) is 47.0 Å². The van der Waals surface area contributed by atoms with Crippen LogP contribution in [0.5, 0.6) is 23.0 Å². The smallest absolute Gasteiger partial charge is 0.304 e. The van der Waals surface area contributed by atoms with Gasteiger partial charge in [0.2, 0.25) is 0 Å². The number of carboxylic acids is 1. The molecule has 0 bridgehead atoms. The summed E-state index contributed by atoms with van der Waals surface area (Å²) in [5, 5.41) is 13.6. The van der Waals surface area contributed by atoms with Gasteiger partial charge in [0, 0.05) is 5.41 Å². The maximum atomic E-state index is 12.2. The molecule has 7 nitrogen and oxygen atoms in total. The molecule has 0 spiro atoms. The Kier molecular flexibility index (Phi) is 10.1. The molecule has 7 heteroatoms. The number of rotatable bonds is 14. The second-order valence-electron chi connectivity index (χ2n) is 10.2. The number of benzene rings is 2. The number of carboxylic acid groups (broad SMARTS) is 1. The lowest BCUT2D eigenvalue weighted by atomic mass is 9.55. The fourth-order valence-electron chi connectivity index (χ4n) is 6.10. The molecule has 2 aromatic carbocycles. The molecule has 0 aliphatic heterocycles. The first-order valence-corrected chi connectivity index (χ1v) is 13.2. The van der Waals surface area contributed by atoms with Crippen molar-refractivity contribution < 1.29 is 28.8 Å². The predicted molar refractivity (Wildman–Crippen MR) is 145 cm³/mol. The second kappa shape index (κ2) is 13.0. The number of hydrogen-bond donors (Lipinski definition) is 2. The highest BCUT2D eigenvalue weighted by Crippen LogP contribution is 2.52. The maximum Gasteiger partial charge on any atom is 0.304 e. The first-order chi connectivity index (χ1) is 17.8. The maximum absolute atomic E-state index is 12.2. The van der Waals surface area contributed by atoms with Crippen LogP contribution in [-0.4, -0.2) is 52.6 Å². The van der Waals surface area contributed by atoms with E-state index in [0.29, 0.717) is 11.5 Å². The molecule has 0 heterocycles. The van der Waals surface area contributed by atoms with E-state index in [-0.39, 0.29) is 18.3 Å². The number of aryl methyl sites for hydroxylation is 2. The standard InChI is InChI=1S/C30H43NO6/c1-20(2)30(19-29(32)33)23(11-10-22-17-27(36-5)28(37-6)18-24(22)30)13-15-31-14-7-8-21-9-12-25(34-3)26(16-21)35-4/h9,12,16-18,20,23,31H,7-8,10-11,13-15,19H2,1-6H3,(H,32,33). The van der Waals surface area contributed by atoms with Gasteiger partial charge in [-0.15, -0.1) is 0 Å². The summed E-state index contributed by atoms with van der Waals surface area (Å²) in [6.45, 7) is 6.06. The number of hydrogen-bond acceptors (Lipinski definition) is 6. The Labute approximate surface area is 221 Å². The van der Waals surface area contributed by atoms with Gasteiger partial charge in [-0.3, -0.25) is 4.79 Å². The van der Waals surface area contributed by atoms with Gasteiger partial charge in [-0.25, -0.2) is 0 Å². The zero-order valence-corrected chi connectivity index (χ0v) is 23.2. The van der Waals surface area contributed by atoms with Gasteiger partial charge in [-0.2, -0.15) is 0 Å². The van der Waals surface area contributed by atoms with Gasteiger partial charge in [0.15, 0.2) is 23.0 Å². The molecule has 37 heavy (non-hydrogen) atoms. The van der Waals surface area contributed by atoms with Crippen LogP contribution in [0.25, 0.3) is 0 Å². The largest absolute Gasteiger partial charge is 0.493 e. The van der Waals surface area contributed by atoms with Crippen molar-refractivity contribution in [1.29, 1.82) is 0 Å². The molecule has 2 atom stereocenters.